The molecule has 1 atom stereocenters. The third kappa shape index (κ3) is 4.07. The Balaban J connectivity index is 1.36. The molecule has 6 rings (SSSR count). The van der Waals surface area contributed by atoms with Crippen molar-refractivity contribution in [2.45, 2.75) is 31.8 Å². The molecule has 0 bridgehead atoms. The minimum atomic E-state index is 0.380. The first kappa shape index (κ1) is 24.1. The van der Waals surface area contributed by atoms with Crippen molar-refractivity contribution in [3.05, 3.63) is 53.9 Å². The number of aryl methyl sites for hydroxylation is 2. The van der Waals surface area contributed by atoms with Crippen LogP contribution in [0.5, 0.6) is 5.75 Å². The summed E-state index contributed by atoms with van der Waals surface area (Å²) >= 11 is 0. The van der Waals surface area contributed by atoms with Gasteiger partial charge in [0.2, 0.25) is 5.95 Å². The molecule has 0 saturated carbocycles. The highest BCUT2D eigenvalue weighted by molar-refractivity contribution is 5.98. The van der Waals surface area contributed by atoms with Gasteiger partial charge in [0.05, 0.1) is 47.1 Å². The Kier molecular flexibility index (Phi) is 6.04. The first-order valence-electron chi connectivity index (χ1n) is 13.0. The minimum absolute atomic E-state index is 0.380. The third-order valence-corrected chi connectivity index (χ3v) is 7.82. The highest BCUT2D eigenvalue weighted by Crippen LogP contribution is 2.39. The maximum absolute atomic E-state index is 9.87. The molecule has 4 heterocycles. The summed E-state index contributed by atoms with van der Waals surface area (Å²) in [6, 6.07) is 13.0. The number of nitrogen functional groups attached to an aromatic ring is 1. The molecule has 4 aromatic rings. The molecular formula is C29H32N8O. The second-order valence-electron chi connectivity index (χ2n) is 10.3. The lowest BCUT2D eigenvalue weighted by Crippen LogP contribution is -2.31. The number of rotatable bonds is 6. The van der Waals surface area contributed by atoms with Crippen LogP contribution >= 0.6 is 0 Å². The van der Waals surface area contributed by atoms with Crippen LogP contribution < -0.4 is 20.7 Å². The number of ether oxygens (including phenoxy) is 1. The van der Waals surface area contributed by atoms with E-state index in [0.717, 1.165) is 55.5 Å². The lowest BCUT2D eigenvalue weighted by atomic mass is 10.0. The van der Waals surface area contributed by atoms with Gasteiger partial charge in [-0.25, -0.2) is 9.97 Å². The van der Waals surface area contributed by atoms with Crippen molar-refractivity contribution in [1.82, 2.24) is 19.4 Å². The number of nitriles is 1. The molecule has 0 spiro atoms. The largest absolute Gasteiger partial charge is 0.494 e. The fourth-order valence-electron chi connectivity index (χ4n) is 5.80. The number of methoxy groups -OCH3 is 1. The van der Waals surface area contributed by atoms with E-state index < -0.39 is 0 Å². The molecule has 38 heavy (non-hydrogen) atoms. The smallest absolute Gasteiger partial charge is 0.227 e. The third-order valence-electron chi connectivity index (χ3n) is 7.82. The number of aromatic nitrogens is 3. The zero-order valence-corrected chi connectivity index (χ0v) is 22.0. The average Bonchev–Trinajstić information content (AvgIpc) is 3.56. The quantitative estimate of drug-likeness (QED) is 0.369. The summed E-state index contributed by atoms with van der Waals surface area (Å²) in [5.41, 5.74) is 13.4. The number of para-hydroxylation sites is 1. The normalized spacial score (nSPS) is 16.7. The van der Waals surface area contributed by atoms with Gasteiger partial charge in [0, 0.05) is 48.9 Å². The Morgan fingerprint density at radius 1 is 1.24 bits per heavy atom. The van der Waals surface area contributed by atoms with E-state index >= 15 is 0 Å². The maximum Gasteiger partial charge on any atom is 0.227 e. The van der Waals surface area contributed by atoms with Gasteiger partial charge in [-0.1, -0.05) is 18.2 Å². The minimum Gasteiger partial charge on any atom is -0.494 e. The summed E-state index contributed by atoms with van der Waals surface area (Å²) in [6.07, 6.45) is 6.95. The van der Waals surface area contributed by atoms with Crippen LogP contribution in [-0.4, -0.2) is 59.8 Å². The van der Waals surface area contributed by atoms with Crippen LogP contribution in [0.15, 0.2) is 42.7 Å². The summed E-state index contributed by atoms with van der Waals surface area (Å²) in [6.45, 7) is 2.83. The van der Waals surface area contributed by atoms with Gasteiger partial charge in [-0.2, -0.15) is 5.26 Å². The van der Waals surface area contributed by atoms with Gasteiger partial charge in [-0.05, 0) is 45.0 Å². The second kappa shape index (κ2) is 9.54. The highest BCUT2D eigenvalue weighted by atomic mass is 16.5. The van der Waals surface area contributed by atoms with Crippen molar-refractivity contribution in [1.29, 1.82) is 5.26 Å². The lowest BCUT2D eigenvalue weighted by Gasteiger charge is -2.24. The molecule has 3 N–H and O–H groups in total. The number of hydrogen-bond acceptors (Lipinski definition) is 8. The van der Waals surface area contributed by atoms with E-state index in [9.17, 15) is 5.26 Å². The summed E-state index contributed by atoms with van der Waals surface area (Å²) in [4.78, 5) is 13.8. The molecule has 0 unspecified atom stereocenters. The monoisotopic (exact) mass is 508 g/mol. The van der Waals surface area contributed by atoms with E-state index in [1.807, 2.05) is 12.1 Å². The van der Waals surface area contributed by atoms with Crippen LogP contribution in [0.2, 0.25) is 0 Å². The van der Waals surface area contributed by atoms with Gasteiger partial charge in [0.25, 0.3) is 0 Å². The zero-order chi connectivity index (χ0) is 26.4. The molecule has 1 fully saturated rings. The Bertz CT molecular complexity index is 1570. The van der Waals surface area contributed by atoms with Gasteiger partial charge >= 0.3 is 0 Å². The van der Waals surface area contributed by atoms with Crippen molar-refractivity contribution in [2.75, 3.05) is 50.2 Å². The van der Waals surface area contributed by atoms with Gasteiger partial charge in [-0.15, -0.1) is 0 Å². The molecule has 2 aliphatic rings. The molecule has 1 saturated heterocycles. The first-order valence-corrected chi connectivity index (χ1v) is 13.0. The summed E-state index contributed by atoms with van der Waals surface area (Å²) in [7, 11) is 5.87. The molecule has 2 aromatic carbocycles. The number of benzene rings is 2. The highest BCUT2D eigenvalue weighted by Gasteiger charge is 2.26. The van der Waals surface area contributed by atoms with E-state index in [-0.39, 0.29) is 0 Å². The number of likely N-dealkylation sites (N-methyl/N-ethyl adjacent to an activating group) is 1. The number of nitrogens with one attached hydrogen (secondary N) is 1. The van der Waals surface area contributed by atoms with Gasteiger partial charge < -0.3 is 30.2 Å². The molecule has 0 amide bonds. The summed E-state index contributed by atoms with van der Waals surface area (Å²) in [5.74, 6) is 1.04. The van der Waals surface area contributed by atoms with Crippen molar-refractivity contribution in [2.24, 2.45) is 0 Å². The molecule has 2 aromatic heterocycles. The fraction of sp³-hybridized carbons (Fsp3) is 0.345. The van der Waals surface area contributed by atoms with Crippen LogP contribution in [-0.2, 0) is 13.0 Å². The van der Waals surface area contributed by atoms with Crippen LogP contribution in [0.1, 0.15) is 24.0 Å². The Labute approximate surface area is 222 Å². The van der Waals surface area contributed by atoms with Crippen molar-refractivity contribution in [3.8, 4) is 23.1 Å². The molecule has 9 heteroatoms. The molecule has 9 nitrogen and oxygen atoms in total. The van der Waals surface area contributed by atoms with Crippen molar-refractivity contribution >= 4 is 33.9 Å². The molecular weight excluding hydrogens is 476 g/mol. The molecule has 2 aliphatic heterocycles. The number of anilines is 4. The zero-order valence-electron chi connectivity index (χ0n) is 22.0. The first-order chi connectivity index (χ1) is 18.5. The van der Waals surface area contributed by atoms with E-state index in [2.05, 4.69) is 69.2 Å². The van der Waals surface area contributed by atoms with Gasteiger partial charge in [-0.3, -0.25) is 0 Å². The Hall–Kier alpha value is -4.29. The van der Waals surface area contributed by atoms with E-state index in [1.165, 1.54) is 11.1 Å². The molecule has 0 radical (unpaired) electrons. The summed E-state index contributed by atoms with van der Waals surface area (Å²) < 4.78 is 8.02. The number of hydrogen-bond donors (Lipinski definition) is 2. The van der Waals surface area contributed by atoms with Gasteiger partial charge in [0.1, 0.15) is 11.8 Å². The van der Waals surface area contributed by atoms with Gasteiger partial charge in [0.15, 0.2) is 0 Å². The Morgan fingerprint density at radius 2 is 2.11 bits per heavy atom. The Morgan fingerprint density at radius 3 is 2.87 bits per heavy atom. The van der Waals surface area contributed by atoms with Crippen molar-refractivity contribution < 1.29 is 4.74 Å². The fourth-order valence-corrected chi connectivity index (χ4v) is 5.80. The topological polar surface area (TPSA) is 108 Å². The van der Waals surface area contributed by atoms with E-state index in [4.69, 9.17) is 15.5 Å². The van der Waals surface area contributed by atoms with E-state index in [0.29, 0.717) is 40.4 Å². The van der Waals surface area contributed by atoms with Crippen LogP contribution in [0.25, 0.3) is 22.2 Å². The van der Waals surface area contributed by atoms with Crippen LogP contribution in [0, 0.1) is 11.3 Å². The predicted octanol–water partition coefficient (Wildman–Crippen LogP) is 4.39. The molecule has 194 valence electrons. The molecule has 0 aliphatic carbocycles. The number of nitrogens with zero attached hydrogens (tertiary/aromatic N) is 6. The second-order valence-corrected chi connectivity index (χ2v) is 10.3. The van der Waals surface area contributed by atoms with E-state index in [1.54, 1.807) is 13.3 Å². The predicted molar refractivity (Wildman–Crippen MR) is 151 cm³/mol. The number of nitrogens with two attached hydrogens (primary N) is 1. The average molecular weight is 509 g/mol. The van der Waals surface area contributed by atoms with Crippen molar-refractivity contribution in [3.63, 3.8) is 0 Å². The lowest BCUT2D eigenvalue weighted by molar-refractivity contribution is 0.315. The summed E-state index contributed by atoms with van der Waals surface area (Å²) in [5, 5.41) is 14.3. The SMILES string of the molecule is COc1cc(N2CC[C@@H](N(C)C)C2)c(N)cc1Nc1ncc(C#N)c(-c2cn3c4c(cccc24)CCC3)n1. The standard InChI is InChI=1S/C29H32N8O/c1-35(2)20-9-11-36(16-20)25-13-26(38-3)24(12-23(25)31)33-29-32-15-19(14-30)27(34-29)22-17-37-10-5-7-18-6-4-8-21(22)28(18)37/h4,6,8,12-13,15,17,20H,5,7,9-11,16,31H2,1-3H3,(H,32,33,34)/t20-/m1/s1. The van der Waals surface area contributed by atoms with Crippen LogP contribution in [0.3, 0.4) is 0 Å². The maximum atomic E-state index is 9.87. The van der Waals surface area contributed by atoms with Crippen LogP contribution in [0.4, 0.5) is 23.0 Å².